The molecule has 0 saturated heterocycles. The van der Waals surface area contributed by atoms with Crippen LogP contribution in [0.25, 0.3) is 11.0 Å². The van der Waals surface area contributed by atoms with E-state index in [0.717, 1.165) is 10.9 Å². The molecule has 0 aliphatic rings. The van der Waals surface area contributed by atoms with Crippen molar-refractivity contribution in [1.29, 1.82) is 0 Å². The summed E-state index contributed by atoms with van der Waals surface area (Å²) >= 11 is 0. The van der Waals surface area contributed by atoms with E-state index in [1.165, 1.54) is 7.11 Å². The molecule has 0 amide bonds. The van der Waals surface area contributed by atoms with Gasteiger partial charge in [-0.3, -0.25) is 0 Å². The van der Waals surface area contributed by atoms with Crippen LogP contribution in [-0.4, -0.2) is 13.1 Å². The number of benzene rings is 1. The molecular weight excluding hydrogens is 230 g/mol. The van der Waals surface area contributed by atoms with Gasteiger partial charge in [0.1, 0.15) is 5.58 Å². The number of rotatable bonds is 1. The molecule has 0 spiro atoms. The third kappa shape index (κ3) is 1.97. The Bertz CT molecular complexity index is 494. The van der Waals surface area contributed by atoms with Gasteiger partial charge in [0.2, 0.25) is 5.76 Å². The number of methoxy groups -OCH3 is 1. The van der Waals surface area contributed by atoms with Gasteiger partial charge in [-0.05, 0) is 24.6 Å². The van der Waals surface area contributed by atoms with Crippen molar-refractivity contribution in [3.05, 3.63) is 29.5 Å². The summed E-state index contributed by atoms with van der Waals surface area (Å²) < 4.78 is 9.86. The standard InChI is InChI=1S/C11H11NO3.ClH/c1-6-3-7-4-10(11(13)14-2)15-9(7)5-8(6)12;/h3-5H,12H2,1-2H3;1H. The summed E-state index contributed by atoms with van der Waals surface area (Å²) in [6.45, 7) is 1.90. The monoisotopic (exact) mass is 241 g/mol. The summed E-state index contributed by atoms with van der Waals surface area (Å²) in [6.07, 6.45) is 0. The summed E-state index contributed by atoms with van der Waals surface area (Å²) in [7, 11) is 1.31. The zero-order valence-corrected chi connectivity index (χ0v) is 9.76. The smallest absolute Gasteiger partial charge is 0.373 e. The van der Waals surface area contributed by atoms with Crippen molar-refractivity contribution >= 4 is 35.0 Å². The molecule has 5 heteroatoms. The minimum atomic E-state index is -0.484. The number of aryl methyl sites for hydroxylation is 1. The highest BCUT2D eigenvalue weighted by atomic mass is 35.5. The molecule has 2 aromatic rings. The van der Waals surface area contributed by atoms with Crippen molar-refractivity contribution in [1.82, 2.24) is 0 Å². The Balaban J connectivity index is 0.00000128. The molecule has 2 N–H and O–H groups in total. The van der Waals surface area contributed by atoms with Crippen LogP contribution in [0.15, 0.2) is 22.6 Å². The summed E-state index contributed by atoms with van der Waals surface area (Å²) in [5, 5.41) is 0.849. The van der Waals surface area contributed by atoms with Gasteiger partial charge in [0.15, 0.2) is 0 Å². The normalized spacial score (nSPS) is 9.88. The Hall–Kier alpha value is -1.68. The summed E-state index contributed by atoms with van der Waals surface area (Å²) in [5.74, 6) is -0.292. The van der Waals surface area contributed by atoms with Gasteiger partial charge >= 0.3 is 5.97 Å². The van der Waals surface area contributed by atoms with Crippen LogP contribution in [0, 0.1) is 6.92 Å². The first-order valence-electron chi connectivity index (χ1n) is 4.50. The first kappa shape index (κ1) is 12.4. The highest BCUT2D eigenvalue weighted by Gasteiger charge is 2.12. The van der Waals surface area contributed by atoms with Gasteiger partial charge < -0.3 is 14.9 Å². The number of hydrogen-bond donors (Lipinski definition) is 1. The fraction of sp³-hybridized carbons (Fsp3) is 0.182. The molecule has 0 radical (unpaired) electrons. The lowest BCUT2D eigenvalue weighted by atomic mass is 10.1. The van der Waals surface area contributed by atoms with Crippen LogP contribution in [0.1, 0.15) is 16.1 Å². The van der Waals surface area contributed by atoms with Gasteiger partial charge in [-0.2, -0.15) is 0 Å². The molecule has 86 valence electrons. The first-order chi connectivity index (χ1) is 7.11. The Morgan fingerprint density at radius 1 is 1.38 bits per heavy atom. The van der Waals surface area contributed by atoms with E-state index in [0.29, 0.717) is 11.3 Å². The van der Waals surface area contributed by atoms with Gasteiger partial charge in [-0.1, -0.05) is 0 Å². The molecule has 0 saturated carbocycles. The van der Waals surface area contributed by atoms with Crippen molar-refractivity contribution < 1.29 is 13.9 Å². The molecule has 0 bridgehead atoms. The number of carbonyl (C=O) groups excluding carboxylic acids is 1. The fourth-order valence-electron chi connectivity index (χ4n) is 1.42. The lowest BCUT2D eigenvalue weighted by Crippen LogP contribution is -1.97. The summed E-state index contributed by atoms with van der Waals surface area (Å²) in [5.41, 5.74) is 7.93. The van der Waals surface area contributed by atoms with Gasteiger partial charge in [0.25, 0.3) is 0 Å². The molecule has 4 nitrogen and oxygen atoms in total. The molecular formula is C11H12ClNO3. The van der Waals surface area contributed by atoms with Crippen LogP contribution in [0.5, 0.6) is 0 Å². The van der Waals surface area contributed by atoms with Gasteiger partial charge in [0.05, 0.1) is 7.11 Å². The SMILES string of the molecule is COC(=O)c1cc2cc(C)c(N)cc2o1.Cl. The highest BCUT2D eigenvalue weighted by molar-refractivity contribution is 5.93. The number of hydrogen-bond acceptors (Lipinski definition) is 4. The van der Waals surface area contributed by atoms with Crippen LogP contribution in [-0.2, 0) is 4.74 Å². The Morgan fingerprint density at radius 2 is 2.06 bits per heavy atom. The van der Waals surface area contributed by atoms with Crippen molar-refractivity contribution in [3.8, 4) is 0 Å². The van der Waals surface area contributed by atoms with E-state index >= 15 is 0 Å². The van der Waals surface area contributed by atoms with Crippen LogP contribution in [0.4, 0.5) is 5.69 Å². The number of anilines is 1. The third-order valence-corrected chi connectivity index (χ3v) is 2.29. The second-order valence-electron chi connectivity index (χ2n) is 3.35. The number of furan rings is 1. The maximum Gasteiger partial charge on any atom is 0.373 e. The minimum Gasteiger partial charge on any atom is -0.463 e. The predicted molar refractivity (Wildman–Crippen MR) is 64.0 cm³/mol. The Morgan fingerprint density at radius 3 is 2.69 bits per heavy atom. The van der Waals surface area contributed by atoms with Crippen LogP contribution >= 0.6 is 12.4 Å². The summed E-state index contributed by atoms with van der Waals surface area (Å²) in [6, 6.07) is 5.23. The van der Waals surface area contributed by atoms with Gasteiger partial charge in [-0.25, -0.2) is 4.79 Å². The number of nitrogen functional groups attached to an aromatic ring is 1. The van der Waals surface area contributed by atoms with Crippen molar-refractivity contribution in [2.24, 2.45) is 0 Å². The third-order valence-electron chi connectivity index (χ3n) is 2.29. The molecule has 0 unspecified atom stereocenters. The lowest BCUT2D eigenvalue weighted by molar-refractivity contribution is 0.0567. The number of carbonyl (C=O) groups is 1. The van der Waals surface area contributed by atoms with E-state index in [1.807, 2.05) is 13.0 Å². The molecule has 0 aliphatic carbocycles. The largest absolute Gasteiger partial charge is 0.463 e. The molecule has 1 aromatic carbocycles. The van der Waals surface area contributed by atoms with Gasteiger partial charge in [0, 0.05) is 17.1 Å². The quantitative estimate of drug-likeness (QED) is 0.616. The Kier molecular flexibility index (Phi) is 3.44. The molecule has 0 aliphatic heterocycles. The number of halogens is 1. The van der Waals surface area contributed by atoms with E-state index in [1.54, 1.807) is 12.1 Å². The zero-order chi connectivity index (χ0) is 11.0. The molecule has 1 aromatic heterocycles. The second-order valence-corrected chi connectivity index (χ2v) is 3.35. The predicted octanol–water partition coefficient (Wildman–Crippen LogP) is 2.53. The number of esters is 1. The van der Waals surface area contributed by atoms with Crippen LogP contribution in [0.2, 0.25) is 0 Å². The molecule has 0 atom stereocenters. The van der Waals surface area contributed by atoms with E-state index in [2.05, 4.69) is 4.74 Å². The van der Waals surface area contributed by atoms with E-state index < -0.39 is 5.97 Å². The Labute approximate surface area is 98.8 Å². The maximum absolute atomic E-state index is 11.2. The average molecular weight is 242 g/mol. The van der Waals surface area contributed by atoms with Gasteiger partial charge in [-0.15, -0.1) is 12.4 Å². The van der Waals surface area contributed by atoms with Crippen molar-refractivity contribution in [2.45, 2.75) is 6.92 Å². The molecule has 16 heavy (non-hydrogen) atoms. The second kappa shape index (κ2) is 4.45. The van der Waals surface area contributed by atoms with Crippen LogP contribution < -0.4 is 5.73 Å². The molecule has 0 fully saturated rings. The lowest BCUT2D eigenvalue weighted by Gasteiger charge is -1.97. The average Bonchev–Trinajstić information content (AvgIpc) is 2.60. The number of fused-ring (bicyclic) bond motifs is 1. The maximum atomic E-state index is 11.2. The van der Waals surface area contributed by atoms with E-state index in [9.17, 15) is 4.79 Å². The van der Waals surface area contributed by atoms with Crippen molar-refractivity contribution in [2.75, 3.05) is 12.8 Å². The zero-order valence-electron chi connectivity index (χ0n) is 8.94. The molecule has 1 heterocycles. The first-order valence-corrected chi connectivity index (χ1v) is 4.50. The minimum absolute atomic E-state index is 0. The van der Waals surface area contributed by atoms with E-state index in [4.69, 9.17) is 10.2 Å². The number of ether oxygens (including phenoxy) is 1. The van der Waals surface area contributed by atoms with E-state index in [-0.39, 0.29) is 18.2 Å². The number of nitrogens with two attached hydrogens (primary N) is 1. The summed E-state index contributed by atoms with van der Waals surface area (Å²) in [4.78, 5) is 11.2. The fourth-order valence-corrected chi connectivity index (χ4v) is 1.42. The topological polar surface area (TPSA) is 65.5 Å². The highest BCUT2D eigenvalue weighted by Crippen LogP contribution is 2.24. The molecule has 2 rings (SSSR count). The van der Waals surface area contributed by atoms with Crippen LogP contribution in [0.3, 0.4) is 0 Å². The van der Waals surface area contributed by atoms with Crippen molar-refractivity contribution in [3.63, 3.8) is 0 Å².